The Morgan fingerprint density at radius 1 is 1.08 bits per heavy atom. The van der Waals surface area contributed by atoms with Crippen LogP contribution in [0.25, 0.3) is 11.1 Å². The van der Waals surface area contributed by atoms with E-state index in [4.69, 9.17) is 9.26 Å². The van der Waals surface area contributed by atoms with Crippen LogP contribution in [0.1, 0.15) is 22.6 Å². The Bertz CT molecular complexity index is 941. The number of ether oxygens (including phenoxy) is 1. The van der Waals surface area contributed by atoms with Crippen LogP contribution < -0.4 is 4.74 Å². The zero-order chi connectivity index (χ0) is 18.1. The molecule has 3 aromatic rings. The Balaban J connectivity index is 1.98. The van der Waals surface area contributed by atoms with E-state index in [-0.39, 0.29) is 5.69 Å². The molecule has 0 aliphatic carbocycles. The number of hydrogen-bond acceptors (Lipinski definition) is 5. The molecule has 1 aromatic heterocycles. The van der Waals surface area contributed by atoms with Crippen molar-refractivity contribution in [1.29, 1.82) is 0 Å². The number of aryl methyl sites for hydroxylation is 4. The SMILES string of the molecule is Cc1cc(Oc2ccc([N+](=O)[O-])cc2C)cc(-c2c(C)noc2C)c1. The van der Waals surface area contributed by atoms with Crippen LogP contribution in [0.15, 0.2) is 40.9 Å². The van der Waals surface area contributed by atoms with Gasteiger partial charge >= 0.3 is 0 Å². The molecule has 0 fully saturated rings. The molecule has 0 saturated heterocycles. The predicted octanol–water partition coefficient (Wildman–Crippen LogP) is 5.28. The average Bonchev–Trinajstić information content (AvgIpc) is 2.87. The molecule has 0 unspecified atom stereocenters. The topological polar surface area (TPSA) is 78.4 Å². The molecule has 0 amide bonds. The van der Waals surface area contributed by atoms with Crippen LogP contribution >= 0.6 is 0 Å². The van der Waals surface area contributed by atoms with Crippen molar-refractivity contribution in [3.8, 4) is 22.6 Å². The number of non-ortho nitro benzene ring substituents is 1. The summed E-state index contributed by atoms with van der Waals surface area (Å²) >= 11 is 0. The molecular formula is C19H18N2O4. The average molecular weight is 338 g/mol. The first-order valence-electron chi connectivity index (χ1n) is 7.83. The number of nitro groups is 1. The van der Waals surface area contributed by atoms with Crippen LogP contribution in [-0.4, -0.2) is 10.1 Å². The molecule has 128 valence electrons. The van der Waals surface area contributed by atoms with Gasteiger partial charge in [-0.25, -0.2) is 0 Å². The van der Waals surface area contributed by atoms with Crippen molar-refractivity contribution in [2.45, 2.75) is 27.7 Å². The van der Waals surface area contributed by atoms with Gasteiger partial charge in [0.25, 0.3) is 5.69 Å². The fourth-order valence-corrected chi connectivity index (χ4v) is 2.83. The molecule has 3 rings (SSSR count). The number of nitrogens with zero attached hydrogens (tertiary/aromatic N) is 2. The molecule has 1 heterocycles. The largest absolute Gasteiger partial charge is 0.457 e. The monoisotopic (exact) mass is 338 g/mol. The maximum Gasteiger partial charge on any atom is 0.269 e. The van der Waals surface area contributed by atoms with E-state index >= 15 is 0 Å². The Morgan fingerprint density at radius 2 is 1.84 bits per heavy atom. The van der Waals surface area contributed by atoms with Gasteiger partial charge in [-0.05, 0) is 62.6 Å². The van der Waals surface area contributed by atoms with Crippen LogP contribution in [0.5, 0.6) is 11.5 Å². The third kappa shape index (κ3) is 3.38. The highest BCUT2D eigenvalue weighted by molar-refractivity contribution is 5.70. The number of nitro benzene ring substituents is 1. The van der Waals surface area contributed by atoms with Crippen molar-refractivity contribution >= 4 is 5.69 Å². The van der Waals surface area contributed by atoms with Crippen molar-refractivity contribution < 1.29 is 14.2 Å². The zero-order valence-corrected chi connectivity index (χ0v) is 14.5. The maximum absolute atomic E-state index is 10.9. The summed E-state index contributed by atoms with van der Waals surface area (Å²) in [5.74, 6) is 1.99. The van der Waals surface area contributed by atoms with Gasteiger partial charge < -0.3 is 9.26 Å². The van der Waals surface area contributed by atoms with Crippen LogP contribution in [0, 0.1) is 37.8 Å². The molecule has 0 radical (unpaired) electrons. The number of hydrogen-bond donors (Lipinski definition) is 0. The summed E-state index contributed by atoms with van der Waals surface area (Å²) in [5.41, 5.74) is 4.52. The minimum atomic E-state index is -0.418. The number of rotatable bonds is 4. The van der Waals surface area contributed by atoms with Crippen molar-refractivity contribution in [3.05, 3.63) is 69.1 Å². The number of aromatic nitrogens is 1. The van der Waals surface area contributed by atoms with Gasteiger partial charge in [0, 0.05) is 17.7 Å². The van der Waals surface area contributed by atoms with E-state index in [0.717, 1.165) is 28.1 Å². The van der Waals surface area contributed by atoms with Crippen molar-refractivity contribution in [3.63, 3.8) is 0 Å². The van der Waals surface area contributed by atoms with Crippen LogP contribution in [-0.2, 0) is 0 Å². The van der Waals surface area contributed by atoms with Gasteiger partial charge in [-0.3, -0.25) is 10.1 Å². The zero-order valence-electron chi connectivity index (χ0n) is 14.5. The molecule has 6 nitrogen and oxygen atoms in total. The van der Waals surface area contributed by atoms with E-state index < -0.39 is 4.92 Å². The third-order valence-electron chi connectivity index (χ3n) is 3.97. The lowest BCUT2D eigenvalue weighted by Crippen LogP contribution is -1.93. The fourth-order valence-electron chi connectivity index (χ4n) is 2.83. The molecule has 25 heavy (non-hydrogen) atoms. The highest BCUT2D eigenvalue weighted by Crippen LogP contribution is 2.34. The summed E-state index contributed by atoms with van der Waals surface area (Å²) in [6, 6.07) is 10.4. The van der Waals surface area contributed by atoms with Gasteiger partial charge in [0.05, 0.1) is 10.6 Å². The first-order valence-corrected chi connectivity index (χ1v) is 7.83. The second kappa shape index (κ2) is 6.39. The van der Waals surface area contributed by atoms with Crippen LogP contribution in [0.2, 0.25) is 0 Å². The quantitative estimate of drug-likeness (QED) is 0.478. The molecule has 0 atom stereocenters. The van der Waals surface area contributed by atoms with E-state index in [1.54, 1.807) is 13.0 Å². The van der Waals surface area contributed by atoms with Crippen LogP contribution in [0.3, 0.4) is 0 Å². The van der Waals surface area contributed by atoms with Crippen LogP contribution in [0.4, 0.5) is 5.69 Å². The van der Waals surface area contributed by atoms with E-state index in [1.165, 1.54) is 12.1 Å². The molecule has 2 aromatic carbocycles. The second-order valence-corrected chi connectivity index (χ2v) is 6.04. The van der Waals surface area contributed by atoms with Crippen molar-refractivity contribution in [1.82, 2.24) is 5.16 Å². The summed E-state index contributed by atoms with van der Waals surface area (Å²) < 4.78 is 11.2. The molecule has 6 heteroatoms. The highest BCUT2D eigenvalue weighted by atomic mass is 16.6. The van der Waals surface area contributed by atoms with Gasteiger partial charge in [-0.1, -0.05) is 11.2 Å². The molecule has 0 spiro atoms. The summed E-state index contributed by atoms with van der Waals surface area (Å²) in [6.07, 6.45) is 0. The number of benzene rings is 2. The summed E-state index contributed by atoms with van der Waals surface area (Å²) in [7, 11) is 0. The maximum atomic E-state index is 10.9. The predicted molar refractivity (Wildman–Crippen MR) is 94.1 cm³/mol. The van der Waals surface area contributed by atoms with E-state index in [2.05, 4.69) is 5.16 Å². The summed E-state index contributed by atoms with van der Waals surface area (Å²) in [5, 5.41) is 14.9. The Labute approximate surface area is 145 Å². The Morgan fingerprint density at radius 3 is 2.44 bits per heavy atom. The first-order chi connectivity index (χ1) is 11.8. The minimum Gasteiger partial charge on any atom is -0.457 e. The van der Waals surface area contributed by atoms with Gasteiger partial charge in [-0.2, -0.15) is 0 Å². The minimum absolute atomic E-state index is 0.0468. The lowest BCUT2D eigenvalue weighted by atomic mass is 10.0. The van der Waals surface area contributed by atoms with E-state index in [9.17, 15) is 10.1 Å². The van der Waals surface area contributed by atoms with Gasteiger partial charge in [0.2, 0.25) is 0 Å². The second-order valence-electron chi connectivity index (χ2n) is 6.04. The fraction of sp³-hybridized carbons (Fsp3) is 0.211. The standard InChI is InChI=1S/C19H18N2O4/c1-11-7-15(19-13(3)20-25-14(19)4)10-17(8-11)24-18-6-5-16(21(22)23)9-12(18)2/h5-10H,1-4H3. The lowest BCUT2D eigenvalue weighted by Gasteiger charge is -2.11. The Hall–Kier alpha value is -3.15. The molecule has 0 aliphatic heterocycles. The van der Waals surface area contributed by atoms with E-state index in [0.29, 0.717) is 17.1 Å². The van der Waals surface area contributed by atoms with Gasteiger partial charge in [-0.15, -0.1) is 0 Å². The molecule has 0 N–H and O–H groups in total. The van der Waals surface area contributed by atoms with Gasteiger partial charge in [0.1, 0.15) is 17.3 Å². The molecular weight excluding hydrogens is 320 g/mol. The molecule has 0 saturated carbocycles. The first kappa shape index (κ1) is 16.7. The Kier molecular flexibility index (Phi) is 4.27. The molecule has 0 aliphatic rings. The summed E-state index contributed by atoms with van der Waals surface area (Å²) in [4.78, 5) is 10.4. The van der Waals surface area contributed by atoms with E-state index in [1.807, 2.05) is 39.0 Å². The normalized spacial score (nSPS) is 10.7. The highest BCUT2D eigenvalue weighted by Gasteiger charge is 2.14. The van der Waals surface area contributed by atoms with Crippen molar-refractivity contribution in [2.24, 2.45) is 0 Å². The lowest BCUT2D eigenvalue weighted by molar-refractivity contribution is -0.384. The smallest absolute Gasteiger partial charge is 0.269 e. The van der Waals surface area contributed by atoms with Gasteiger partial charge in [0.15, 0.2) is 0 Å². The molecule has 0 bridgehead atoms. The summed E-state index contributed by atoms with van der Waals surface area (Å²) in [6.45, 7) is 7.54. The third-order valence-corrected chi connectivity index (χ3v) is 3.97. The van der Waals surface area contributed by atoms with Crippen molar-refractivity contribution in [2.75, 3.05) is 0 Å².